The summed E-state index contributed by atoms with van der Waals surface area (Å²) in [5.74, 6) is 0.323. The van der Waals surface area contributed by atoms with E-state index in [4.69, 9.17) is 16.7 Å². The summed E-state index contributed by atoms with van der Waals surface area (Å²) in [5, 5.41) is 17.6. The van der Waals surface area contributed by atoms with Crippen molar-refractivity contribution < 1.29 is 13.2 Å². The van der Waals surface area contributed by atoms with Crippen LogP contribution in [-0.2, 0) is 14.8 Å². The standard InChI is InChI=1S/C20H16BrClN6O3S2/c1-11-26-27-20(28(11)17-4-2-3-12-7-13(21)9-24-19(12)17)32-10-18(29)25-16-6-5-14(8-15(16)22)33(23,30)31/h2-9H,10H2,1H3,(H,25,29)(H2,23,30,31). The molecule has 0 atom stereocenters. The van der Waals surface area contributed by atoms with Gasteiger partial charge in [-0.15, -0.1) is 10.2 Å². The lowest BCUT2D eigenvalue weighted by molar-refractivity contribution is -0.113. The molecule has 3 N–H and O–H groups in total. The first-order chi connectivity index (χ1) is 15.6. The summed E-state index contributed by atoms with van der Waals surface area (Å²) in [6.45, 7) is 1.82. The molecule has 0 unspecified atom stereocenters. The predicted molar refractivity (Wildman–Crippen MR) is 131 cm³/mol. The van der Waals surface area contributed by atoms with Crippen LogP contribution >= 0.6 is 39.3 Å². The number of nitrogens with one attached hydrogen (secondary N) is 1. The third-order valence-corrected chi connectivity index (χ3v) is 7.15. The van der Waals surface area contributed by atoms with Crippen LogP contribution < -0.4 is 10.5 Å². The zero-order valence-electron chi connectivity index (χ0n) is 17.0. The summed E-state index contributed by atoms with van der Waals surface area (Å²) in [6.07, 6.45) is 1.72. The number of hydrogen-bond acceptors (Lipinski definition) is 7. The van der Waals surface area contributed by atoms with Crippen molar-refractivity contribution >= 4 is 71.8 Å². The number of halogens is 2. The topological polar surface area (TPSA) is 133 Å². The lowest BCUT2D eigenvalue weighted by Crippen LogP contribution is -2.16. The maximum atomic E-state index is 12.5. The minimum absolute atomic E-state index is 0.0230. The van der Waals surface area contributed by atoms with Crippen molar-refractivity contribution in [1.82, 2.24) is 19.7 Å². The maximum absolute atomic E-state index is 12.5. The number of nitrogens with two attached hydrogens (primary N) is 1. The van der Waals surface area contributed by atoms with Crippen molar-refractivity contribution in [3.05, 3.63) is 64.0 Å². The molecule has 9 nitrogen and oxygen atoms in total. The number of para-hydroxylation sites is 1. The quantitative estimate of drug-likeness (QED) is 0.337. The molecule has 0 saturated heterocycles. The summed E-state index contributed by atoms with van der Waals surface area (Å²) < 4.78 is 25.6. The third kappa shape index (κ3) is 5.20. The molecule has 0 aliphatic carbocycles. The minimum Gasteiger partial charge on any atom is -0.324 e. The summed E-state index contributed by atoms with van der Waals surface area (Å²) >= 11 is 10.7. The van der Waals surface area contributed by atoms with Gasteiger partial charge in [-0.05, 0) is 53.2 Å². The van der Waals surface area contributed by atoms with Crippen molar-refractivity contribution in [3.63, 3.8) is 0 Å². The average Bonchev–Trinajstić information content (AvgIpc) is 3.12. The molecule has 0 aliphatic rings. The highest BCUT2D eigenvalue weighted by molar-refractivity contribution is 9.10. The van der Waals surface area contributed by atoms with Gasteiger partial charge >= 0.3 is 0 Å². The van der Waals surface area contributed by atoms with Gasteiger partial charge in [0.25, 0.3) is 0 Å². The van der Waals surface area contributed by atoms with E-state index in [2.05, 4.69) is 36.4 Å². The van der Waals surface area contributed by atoms with Gasteiger partial charge in [-0.3, -0.25) is 14.3 Å². The van der Waals surface area contributed by atoms with E-state index in [1.54, 1.807) is 6.20 Å². The molecule has 0 bridgehead atoms. The van der Waals surface area contributed by atoms with Crippen LogP contribution in [0.4, 0.5) is 5.69 Å². The molecule has 13 heteroatoms. The van der Waals surface area contributed by atoms with Gasteiger partial charge in [-0.1, -0.05) is 35.5 Å². The number of rotatable bonds is 6. The molecule has 33 heavy (non-hydrogen) atoms. The van der Waals surface area contributed by atoms with Crippen LogP contribution in [-0.4, -0.2) is 39.8 Å². The van der Waals surface area contributed by atoms with E-state index in [0.29, 0.717) is 11.0 Å². The Balaban J connectivity index is 1.54. The molecule has 170 valence electrons. The van der Waals surface area contributed by atoms with Crippen LogP contribution in [0, 0.1) is 6.92 Å². The fourth-order valence-corrected chi connectivity index (χ4v) is 5.07. The lowest BCUT2D eigenvalue weighted by Gasteiger charge is -2.11. The Hall–Kier alpha value is -2.51. The number of primary sulfonamides is 1. The second-order valence-electron chi connectivity index (χ2n) is 6.89. The van der Waals surface area contributed by atoms with Crippen LogP contribution in [0.25, 0.3) is 16.6 Å². The number of aryl methyl sites for hydroxylation is 1. The van der Waals surface area contributed by atoms with E-state index in [0.717, 1.165) is 21.1 Å². The van der Waals surface area contributed by atoms with Crippen molar-refractivity contribution in [2.24, 2.45) is 5.14 Å². The molecule has 2 aromatic carbocycles. The minimum atomic E-state index is -3.89. The zero-order valence-corrected chi connectivity index (χ0v) is 21.0. The highest BCUT2D eigenvalue weighted by atomic mass is 79.9. The first-order valence-corrected chi connectivity index (χ1v) is 13.1. The zero-order chi connectivity index (χ0) is 23.8. The van der Waals surface area contributed by atoms with Gasteiger partial charge in [0.15, 0.2) is 5.16 Å². The molecule has 0 radical (unpaired) electrons. The van der Waals surface area contributed by atoms with E-state index < -0.39 is 10.0 Å². The van der Waals surface area contributed by atoms with Crippen LogP contribution in [0.1, 0.15) is 5.82 Å². The fraction of sp³-hybridized carbons (Fsp3) is 0.100. The number of amides is 1. The van der Waals surface area contributed by atoms with Crippen molar-refractivity contribution in [2.45, 2.75) is 17.0 Å². The molecule has 0 spiro atoms. The Morgan fingerprint density at radius 3 is 2.76 bits per heavy atom. The second-order valence-corrected chi connectivity index (χ2v) is 10.7. The molecule has 0 saturated carbocycles. The monoisotopic (exact) mass is 566 g/mol. The van der Waals surface area contributed by atoms with Gasteiger partial charge in [0.05, 0.1) is 32.6 Å². The Morgan fingerprint density at radius 2 is 2.03 bits per heavy atom. The average molecular weight is 568 g/mol. The van der Waals surface area contributed by atoms with Crippen LogP contribution in [0.15, 0.2) is 63.2 Å². The van der Waals surface area contributed by atoms with E-state index >= 15 is 0 Å². The second kappa shape index (κ2) is 9.39. The number of aromatic nitrogens is 4. The first kappa shape index (κ1) is 23.6. The van der Waals surface area contributed by atoms with Crippen LogP contribution in [0.5, 0.6) is 0 Å². The molecule has 1 amide bonds. The van der Waals surface area contributed by atoms with E-state index in [1.807, 2.05) is 35.8 Å². The first-order valence-electron chi connectivity index (χ1n) is 9.35. The Kier molecular flexibility index (Phi) is 6.73. The number of sulfonamides is 1. The summed E-state index contributed by atoms with van der Waals surface area (Å²) in [7, 11) is -3.89. The number of carbonyl (C=O) groups is 1. The van der Waals surface area contributed by atoms with Crippen molar-refractivity contribution in [3.8, 4) is 5.69 Å². The van der Waals surface area contributed by atoms with E-state index in [1.165, 1.54) is 30.0 Å². The van der Waals surface area contributed by atoms with E-state index in [9.17, 15) is 13.2 Å². The number of thioether (sulfide) groups is 1. The normalized spacial score (nSPS) is 11.6. The Morgan fingerprint density at radius 1 is 1.24 bits per heavy atom. The number of pyridine rings is 1. The number of fused-ring (bicyclic) bond motifs is 1. The largest absolute Gasteiger partial charge is 0.324 e. The molecule has 0 fully saturated rings. The van der Waals surface area contributed by atoms with Crippen LogP contribution in [0.2, 0.25) is 5.02 Å². The third-order valence-electron chi connectivity index (χ3n) is 4.57. The molecule has 2 heterocycles. The number of nitrogens with zero attached hydrogens (tertiary/aromatic N) is 4. The summed E-state index contributed by atoms with van der Waals surface area (Å²) in [4.78, 5) is 16.9. The summed E-state index contributed by atoms with van der Waals surface area (Å²) in [5.41, 5.74) is 1.85. The Bertz CT molecular complexity index is 1490. The Labute approximate surface area is 206 Å². The number of benzene rings is 2. The van der Waals surface area contributed by atoms with Crippen LogP contribution in [0.3, 0.4) is 0 Å². The summed E-state index contributed by atoms with van der Waals surface area (Å²) in [6, 6.07) is 11.6. The predicted octanol–water partition coefficient (Wildman–Crippen LogP) is 3.92. The molecular weight excluding hydrogens is 552 g/mol. The van der Waals surface area contributed by atoms with Gasteiger partial charge in [0.1, 0.15) is 5.82 Å². The smallest absolute Gasteiger partial charge is 0.238 e. The van der Waals surface area contributed by atoms with Gasteiger partial charge in [-0.2, -0.15) is 0 Å². The van der Waals surface area contributed by atoms with Crippen molar-refractivity contribution in [2.75, 3.05) is 11.1 Å². The van der Waals surface area contributed by atoms with Crippen molar-refractivity contribution in [1.29, 1.82) is 0 Å². The number of carbonyl (C=O) groups excluding carboxylic acids is 1. The molecule has 4 aromatic rings. The lowest BCUT2D eigenvalue weighted by atomic mass is 10.2. The molecule has 0 aliphatic heterocycles. The SMILES string of the molecule is Cc1nnc(SCC(=O)Nc2ccc(S(N)(=O)=O)cc2Cl)n1-c1cccc2cc(Br)cnc12. The molecular formula is C20H16BrClN6O3S2. The maximum Gasteiger partial charge on any atom is 0.238 e. The number of anilines is 1. The highest BCUT2D eigenvalue weighted by Crippen LogP contribution is 2.29. The van der Waals surface area contributed by atoms with Gasteiger partial charge < -0.3 is 5.32 Å². The van der Waals surface area contributed by atoms with E-state index in [-0.39, 0.29) is 27.3 Å². The highest BCUT2D eigenvalue weighted by Gasteiger charge is 2.17. The number of hydrogen-bond donors (Lipinski definition) is 2. The molecule has 2 aromatic heterocycles. The van der Waals surface area contributed by atoms with Gasteiger partial charge in [0.2, 0.25) is 15.9 Å². The molecule has 4 rings (SSSR count). The van der Waals surface area contributed by atoms with Gasteiger partial charge in [-0.25, -0.2) is 13.6 Å². The van der Waals surface area contributed by atoms with Gasteiger partial charge in [0, 0.05) is 16.1 Å². The fourth-order valence-electron chi connectivity index (χ4n) is 3.10.